The Hall–Kier alpha value is -2.84. The minimum Gasteiger partial charge on any atom is -0.487 e. The first-order valence-corrected chi connectivity index (χ1v) is 11.7. The van der Waals surface area contributed by atoms with E-state index in [1.807, 2.05) is 0 Å². The second-order valence-corrected chi connectivity index (χ2v) is 9.32. The Bertz CT molecular complexity index is 1340. The summed E-state index contributed by atoms with van der Waals surface area (Å²) in [7, 11) is 0. The van der Waals surface area contributed by atoms with Gasteiger partial charge < -0.3 is 4.74 Å². The summed E-state index contributed by atoms with van der Waals surface area (Å²) in [5.41, 5.74) is 1.33. The summed E-state index contributed by atoms with van der Waals surface area (Å²) >= 11 is 21.7. The van der Waals surface area contributed by atoms with Gasteiger partial charge in [0.2, 0.25) is 0 Å². The number of halogens is 4. The van der Waals surface area contributed by atoms with Crippen LogP contribution in [0.15, 0.2) is 70.7 Å². The summed E-state index contributed by atoms with van der Waals surface area (Å²) in [4.78, 5) is 38.6. The number of ether oxygens (including phenoxy) is 1. The maximum atomic E-state index is 13.0. The van der Waals surface area contributed by atoms with Gasteiger partial charge in [0.15, 0.2) is 0 Å². The van der Waals surface area contributed by atoms with Crippen molar-refractivity contribution in [3.8, 4) is 5.75 Å². The number of carbonyl (C=O) groups excluding carboxylic acids is 3. The highest BCUT2D eigenvalue weighted by Crippen LogP contribution is 2.30. The molecule has 172 valence electrons. The average molecular weight is 581 g/mol. The summed E-state index contributed by atoms with van der Waals surface area (Å²) in [6.45, 7) is 0.168. The monoisotopic (exact) mass is 578 g/mol. The van der Waals surface area contributed by atoms with Crippen molar-refractivity contribution in [2.45, 2.75) is 6.61 Å². The standard InChI is InChI=1S/C24H14BrCl3N2O4/c25-15-3-6-17(7-4-15)30-23(32)18(22(31)29-24(30)33)9-13-1-8-21(20(28)10-13)34-12-14-2-5-16(26)11-19(14)27/h1-11H,12H2,(H,29,31,33)/b18-9+. The third-order valence-electron chi connectivity index (χ3n) is 4.85. The summed E-state index contributed by atoms with van der Waals surface area (Å²) in [6, 6.07) is 15.6. The number of benzene rings is 3. The third-order valence-corrected chi connectivity index (χ3v) is 6.26. The SMILES string of the molecule is O=C1NC(=O)N(c2ccc(Br)cc2)C(=O)/C1=C/c1ccc(OCc2ccc(Cl)cc2Cl)c(Cl)c1. The Labute approximate surface area is 218 Å². The number of nitrogens with zero attached hydrogens (tertiary/aromatic N) is 1. The Morgan fingerprint density at radius 2 is 1.65 bits per heavy atom. The van der Waals surface area contributed by atoms with Gasteiger partial charge in [0, 0.05) is 20.1 Å². The number of hydrogen-bond donors (Lipinski definition) is 1. The number of rotatable bonds is 5. The van der Waals surface area contributed by atoms with Crippen molar-refractivity contribution < 1.29 is 19.1 Å². The van der Waals surface area contributed by atoms with Gasteiger partial charge in [-0.1, -0.05) is 62.9 Å². The maximum absolute atomic E-state index is 13.0. The number of nitrogens with one attached hydrogen (secondary N) is 1. The fourth-order valence-electron chi connectivity index (χ4n) is 3.17. The molecule has 0 bridgehead atoms. The lowest BCUT2D eigenvalue weighted by Gasteiger charge is -2.26. The highest BCUT2D eigenvalue weighted by Gasteiger charge is 2.36. The highest BCUT2D eigenvalue weighted by molar-refractivity contribution is 9.10. The van der Waals surface area contributed by atoms with E-state index >= 15 is 0 Å². The molecule has 0 radical (unpaired) electrons. The molecule has 0 aromatic heterocycles. The van der Waals surface area contributed by atoms with Gasteiger partial charge in [-0.05, 0) is 60.2 Å². The first kappa shape index (κ1) is 24.3. The molecular formula is C24H14BrCl3N2O4. The van der Waals surface area contributed by atoms with Crippen LogP contribution in [0.4, 0.5) is 10.5 Å². The van der Waals surface area contributed by atoms with E-state index < -0.39 is 17.8 Å². The first-order chi connectivity index (χ1) is 16.2. The van der Waals surface area contributed by atoms with E-state index in [2.05, 4.69) is 21.2 Å². The molecule has 1 aliphatic heterocycles. The van der Waals surface area contributed by atoms with Crippen molar-refractivity contribution in [3.05, 3.63) is 96.9 Å². The minimum atomic E-state index is -0.822. The fourth-order valence-corrected chi connectivity index (χ4v) is 4.14. The zero-order chi connectivity index (χ0) is 24.4. The number of urea groups is 1. The van der Waals surface area contributed by atoms with E-state index in [1.54, 1.807) is 60.7 Å². The van der Waals surface area contributed by atoms with E-state index in [9.17, 15) is 14.4 Å². The molecule has 1 saturated heterocycles. The normalized spacial score (nSPS) is 15.0. The van der Waals surface area contributed by atoms with Gasteiger partial charge in [-0.3, -0.25) is 14.9 Å². The lowest BCUT2D eigenvalue weighted by molar-refractivity contribution is -0.122. The summed E-state index contributed by atoms with van der Waals surface area (Å²) in [5, 5.41) is 3.44. The first-order valence-electron chi connectivity index (χ1n) is 9.76. The van der Waals surface area contributed by atoms with Gasteiger partial charge in [0.05, 0.1) is 10.7 Å². The molecule has 1 aliphatic rings. The molecule has 4 amide bonds. The van der Waals surface area contributed by atoms with E-state index in [0.29, 0.717) is 27.0 Å². The largest absolute Gasteiger partial charge is 0.487 e. The van der Waals surface area contributed by atoms with Crippen molar-refractivity contribution in [2.24, 2.45) is 0 Å². The molecular weight excluding hydrogens is 567 g/mol. The van der Waals surface area contributed by atoms with Gasteiger partial charge in [0.1, 0.15) is 17.9 Å². The van der Waals surface area contributed by atoms with Gasteiger partial charge in [-0.2, -0.15) is 0 Å². The maximum Gasteiger partial charge on any atom is 0.335 e. The van der Waals surface area contributed by atoms with Gasteiger partial charge in [-0.15, -0.1) is 0 Å². The Balaban J connectivity index is 1.55. The van der Waals surface area contributed by atoms with Crippen LogP contribution in [0.25, 0.3) is 6.08 Å². The molecule has 6 nitrogen and oxygen atoms in total. The summed E-state index contributed by atoms with van der Waals surface area (Å²) < 4.78 is 6.53. The molecule has 1 N–H and O–H groups in total. The third kappa shape index (κ3) is 5.28. The zero-order valence-electron chi connectivity index (χ0n) is 17.2. The summed E-state index contributed by atoms with van der Waals surface area (Å²) in [5.74, 6) is -1.15. The molecule has 34 heavy (non-hydrogen) atoms. The van der Waals surface area contributed by atoms with Crippen molar-refractivity contribution in [2.75, 3.05) is 4.90 Å². The average Bonchev–Trinajstić information content (AvgIpc) is 2.78. The quantitative estimate of drug-likeness (QED) is 0.271. The Morgan fingerprint density at radius 3 is 2.32 bits per heavy atom. The minimum absolute atomic E-state index is 0.168. The van der Waals surface area contributed by atoms with E-state index in [0.717, 1.165) is 14.9 Å². The van der Waals surface area contributed by atoms with Crippen LogP contribution < -0.4 is 15.0 Å². The van der Waals surface area contributed by atoms with Crippen LogP contribution in [0.2, 0.25) is 15.1 Å². The molecule has 0 atom stereocenters. The number of barbiturate groups is 1. The molecule has 0 saturated carbocycles. The lowest BCUT2D eigenvalue weighted by atomic mass is 10.1. The number of carbonyl (C=O) groups is 3. The van der Waals surface area contributed by atoms with Crippen molar-refractivity contribution in [1.82, 2.24) is 5.32 Å². The molecule has 10 heteroatoms. The van der Waals surface area contributed by atoms with E-state index in [4.69, 9.17) is 39.5 Å². The van der Waals surface area contributed by atoms with Crippen molar-refractivity contribution in [3.63, 3.8) is 0 Å². The van der Waals surface area contributed by atoms with Crippen molar-refractivity contribution >= 4 is 80.3 Å². The smallest absolute Gasteiger partial charge is 0.335 e. The summed E-state index contributed by atoms with van der Waals surface area (Å²) in [6.07, 6.45) is 1.36. The number of hydrogen-bond acceptors (Lipinski definition) is 4. The van der Waals surface area contributed by atoms with E-state index in [1.165, 1.54) is 6.08 Å². The van der Waals surface area contributed by atoms with Crippen LogP contribution >= 0.6 is 50.7 Å². The zero-order valence-corrected chi connectivity index (χ0v) is 21.0. The van der Waals surface area contributed by atoms with Crippen LogP contribution in [0.5, 0.6) is 5.75 Å². The predicted molar refractivity (Wildman–Crippen MR) is 135 cm³/mol. The Kier molecular flexibility index (Phi) is 7.28. The fraction of sp³-hybridized carbons (Fsp3) is 0.0417. The lowest BCUT2D eigenvalue weighted by Crippen LogP contribution is -2.54. The number of amides is 4. The molecule has 0 aliphatic carbocycles. The molecule has 3 aromatic carbocycles. The van der Waals surface area contributed by atoms with Crippen LogP contribution in [0, 0.1) is 0 Å². The second-order valence-electron chi connectivity index (χ2n) is 7.15. The van der Waals surface area contributed by atoms with Crippen molar-refractivity contribution in [1.29, 1.82) is 0 Å². The predicted octanol–water partition coefficient (Wildman–Crippen LogP) is 6.65. The molecule has 3 aromatic rings. The topological polar surface area (TPSA) is 75.7 Å². The second kappa shape index (κ2) is 10.2. The van der Waals surface area contributed by atoms with Gasteiger partial charge >= 0.3 is 6.03 Å². The molecule has 1 heterocycles. The van der Waals surface area contributed by atoms with Crippen LogP contribution in [-0.2, 0) is 16.2 Å². The van der Waals surface area contributed by atoms with E-state index in [-0.39, 0.29) is 17.2 Å². The molecule has 1 fully saturated rings. The van der Waals surface area contributed by atoms with Crippen LogP contribution in [0.3, 0.4) is 0 Å². The van der Waals surface area contributed by atoms with Gasteiger partial charge in [-0.25, -0.2) is 9.69 Å². The van der Waals surface area contributed by atoms with Crippen LogP contribution in [-0.4, -0.2) is 17.8 Å². The molecule has 4 rings (SSSR count). The number of anilines is 1. The molecule has 0 unspecified atom stereocenters. The number of imide groups is 2. The van der Waals surface area contributed by atoms with Crippen LogP contribution in [0.1, 0.15) is 11.1 Å². The Morgan fingerprint density at radius 1 is 0.912 bits per heavy atom. The highest BCUT2D eigenvalue weighted by atomic mass is 79.9. The van der Waals surface area contributed by atoms with Gasteiger partial charge in [0.25, 0.3) is 11.8 Å². The molecule has 0 spiro atoms.